The number of aromatic amines is 1. The van der Waals surface area contributed by atoms with E-state index in [0.29, 0.717) is 12.1 Å². The van der Waals surface area contributed by atoms with Gasteiger partial charge in [0.05, 0.1) is 29.8 Å². The number of aliphatic hydroxyl groups is 1. The van der Waals surface area contributed by atoms with Crippen molar-refractivity contribution >= 4 is 5.91 Å². The normalized spacial score (nSPS) is 19.9. The fourth-order valence-electron chi connectivity index (χ4n) is 3.58. The van der Waals surface area contributed by atoms with Crippen LogP contribution in [-0.4, -0.2) is 33.5 Å². The maximum Gasteiger partial charge on any atom is 0.416 e. The van der Waals surface area contributed by atoms with Crippen molar-refractivity contribution in [3.8, 4) is 0 Å². The lowest BCUT2D eigenvalue weighted by Crippen LogP contribution is -2.40. The quantitative estimate of drug-likeness (QED) is 0.723. The van der Waals surface area contributed by atoms with Gasteiger partial charge in [-0.15, -0.1) is 0 Å². The van der Waals surface area contributed by atoms with E-state index < -0.39 is 53.6 Å². The molecule has 0 radical (unpaired) electrons. The minimum Gasteiger partial charge on any atom is -0.394 e. The molecule has 2 unspecified atom stereocenters. The van der Waals surface area contributed by atoms with Gasteiger partial charge < -0.3 is 15.0 Å². The number of H-pyrrole nitrogens is 1. The molecule has 162 valence electrons. The van der Waals surface area contributed by atoms with Crippen LogP contribution in [0.3, 0.4) is 0 Å². The van der Waals surface area contributed by atoms with E-state index in [2.05, 4.69) is 4.98 Å². The molecule has 30 heavy (non-hydrogen) atoms. The average molecular weight is 434 g/mol. The van der Waals surface area contributed by atoms with Crippen LogP contribution in [0.4, 0.5) is 26.3 Å². The number of likely N-dealkylation sites (tertiary alicyclic amines) is 1. The first-order valence-corrected chi connectivity index (χ1v) is 8.84. The van der Waals surface area contributed by atoms with Gasteiger partial charge in [-0.05, 0) is 42.7 Å². The zero-order valence-corrected chi connectivity index (χ0v) is 15.2. The summed E-state index contributed by atoms with van der Waals surface area (Å²) in [5, 5.41) is 9.59. The Labute approximate surface area is 165 Å². The standard InChI is InChI=1S/C19H16F6N2O3/c20-18(21,22)11-6-10(7-12(8-11)19(23,24)25)15-5-4-13(9-28)27(15)17(30)14-2-1-3-16(29)26-14/h1-3,6-8,13,15,28H,4-5,9H2,(H,26,29). The minimum atomic E-state index is -5.02. The van der Waals surface area contributed by atoms with Crippen molar-refractivity contribution < 1.29 is 36.2 Å². The first-order valence-electron chi connectivity index (χ1n) is 8.84. The van der Waals surface area contributed by atoms with Gasteiger partial charge in [0.25, 0.3) is 5.91 Å². The molecule has 0 saturated carbocycles. The zero-order chi connectivity index (χ0) is 22.3. The van der Waals surface area contributed by atoms with E-state index in [1.807, 2.05) is 0 Å². The largest absolute Gasteiger partial charge is 0.416 e. The molecule has 1 aliphatic heterocycles. The molecule has 0 aliphatic carbocycles. The van der Waals surface area contributed by atoms with Gasteiger partial charge >= 0.3 is 12.4 Å². The molecule has 11 heteroatoms. The molecule has 1 aliphatic rings. The van der Waals surface area contributed by atoms with Crippen molar-refractivity contribution in [1.82, 2.24) is 9.88 Å². The summed E-state index contributed by atoms with van der Waals surface area (Å²) in [6, 6.07) is 2.91. The second kappa shape index (κ2) is 7.78. The molecule has 1 amide bonds. The van der Waals surface area contributed by atoms with Crippen LogP contribution in [0.2, 0.25) is 0 Å². The molecular weight excluding hydrogens is 418 g/mol. The van der Waals surface area contributed by atoms with E-state index >= 15 is 0 Å². The monoisotopic (exact) mass is 434 g/mol. The summed E-state index contributed by atoms with van der Waals surface area (Å²) in [6.07, 6.45) is -9.83. The number of aliphatic hydroxyl groups excluding tert-OH is 1. The summed E-state index contributed by atoms with van der Waals surface area (Å²) < 4.78 is 79.2. The molecule has 1 fully saturated rings. The molecule has 1 saturated heterocycles. The summed E-state index contributed by atoms with van der Waals surface area (Å²) >= 11 is 0. The van der Waals surface area contributed by atoms with Gasteiger partial charge in [0.15, 0.2) is 0 Å². The van der Waals surface area contributed by atoms with Crippen LogP contribution in [0.25, 0.3) is 0 Å². The van der Waals surface area contributed by atoms with Crippen LogP contribution in [0, 0.1) is 0 Å². The Morgan fingerprint density at radius 1 is 1.03 bits per heavy atom. The number of nitrogens with zero attached hydrogens (tertiary/aromatic N) is 1. The number of hydrogen-bond donors (Lipinski definition) is 2. The number of carbonyl (C=O) groups excluding carboxylic acids is 1. The van der Waals surface area contributed by atoms with Crippen molar-refractivity contribution in [2.75, 3.05) is 6.61 Å². The van der Waals surface area contributed by atoms with Crippen molar-refractivity contribution in [3.05, 3.63) is 69.1 Å². The predicted molar refractivity (Wildman–Crippen MR) is 92.5 cm³/mol. The number of nitrogens with one attached hydrogen (secondary N) is 1. The number of benzene rings is 1. The number of halogens is 6. The summed E-state index contributed by atoms with van der Waals surface area (Å²) in [6.45, 7) is -0.537. The lowest BCUT2D eigenvalue weighted by atomic mass is 9.98. The third-order valence-electron chi connectivity index (χ3n) is 4.94. The van der Waals surface area contributed by atoms with E-state index in [4.69, 9.17) is 0 Å². The van der Waals surface area contributed by atoms with Crippen molar-refractivity contribution in [2.45, 2.75) is 37.3 Å². The van der Waals surface area contributed by atoms with Gasteiger partial charge in [-0.1, -0.05) is 6.07 Å². The summed E-state index contributed by atoms with van der Waals surface area (Å²) in [5.74, 6) is -0.805. The Kier molecular flexibility index (Phi) is 5.68. The maximum atomic E-state index is 13.2. The molecule has 2 atom stereocenters. The van der Waals surface area contributed by atoms with Gasteiger partial charge in [-0.25, -0.2) is 0 Å². The molecule has 0 spiro atoms. The topological polar surface area (TPSA) is 73.4 Å². The Morgan fingerprint density at radius 2 is 1.63 bits per heavy atom. The molecule has 3 rings (SSSR count). The van der Waals surface area contributed by atoms with E-state index in [0.717, 1.165) is 11.0 Å². The van der Waals surface area contributed by atoms with E-state index in [-0.39, 0.29) is 30.2 Å². The van der Waals surface area contributed by atoms with Crippen molar-refractivity contribution in [1.29, 1.82) is 0 Å². The highest BCUT2D eigenvalue weighted by molar-refractivity contribution is 5.93. The molecule has 5 nitrogen and oxygen atoms in total. The van der Waals surface area contributed by atoms with Crippen LogP contribution >= 0.6 is 0 Å². The number of aromatic nitrogens is 1. The average Bonchev–Trinajstić information content (AvgIpc) is 3.09. The fourth-order valence-corrected chi connectivity index (χ4v) is 3.58. The van der Waals surface area contributed by atoms with Gasteiger partial charge in [-0.3, -0.25) is 9.59 Å². The van der Waals surface area contributed by atoms with Gasteiger partial charge in [-0.2, -0.15) is 26.3 Å². The van der Waals surface area contributed by atoms with Crippen LogP contribution in [-0.2, 0) is 12.4 Å². The molecule has 2 heterocycles. The first kappa shape index (κ1) is 21.9. The molecule has 2 aromatic rings. The fraction of sp³-hybridized carbons (Fsp3) is 0.368. The Balaban J connectivity index is 2.10. The highest BCUT2D eigenvalue weighted by Crippen LogP contribution is 2.42. The van der Waals surface area contributed by atoms with Crippen molar-refractivity contribution in [2.24, 2.45) is 0 Å². The Morgan fingerprint density at radius 3 is 2.13 bits per heavy atom. The third kappa shape index (κ3) is 4.35. The summed E-state index contributed by atoms with van der Waals surface area (Å²) in [4.78, 5) is 27.7. The highest BCUT2D eigenvalue weighted by atomic mass is 19.4. The first-order chi connectivity index (χ1) is 13.9. The lowest BCUT2D eigenvalue weighted by molar-refractivity contribution is -0.143. The predicted octanol–water partition coefficient (Wildman–Crippen LogP) is 3.75. The zero-order valence-electron chi connectivity index (χ0n) is 15.2. The SMILES string of the molecule is O=C(c1cccc(=O)[nH]1)N1C(CO)CCC1c1cc(C(F)(F)F)cc(C(F)(F)F)c1. The second-order valence-corrected chi connectivity index (χ2v) is 6.91. The number of pyridine rings is 1. The molecule has 2 N–H and O–H groups in total. The molecule has 0 bridgehead atoms. The lowest BCUT2D eigenvalue weighted by Gasteiger charge is -2.30. The van der Waals surface area contributed by atoms with Gasteiger partial charge in [0, 0.05) is 6.07 Å². The summed E-state index contributed by atoms with van der Waals surface area (Å²) in [5.41, 5.74) is -4.10. The molecule has 1 aromatic carbocycles. The number of hydrogen-bond acceptors (Lipinski definition) is 3. The van der Waals surface area contributed by atoms with Gasteiger partial charge in [0.2, 0.25) is 5.56 Å². The highest BCUT2D eigenvalue weighted by Gasteiger charge is 2.42. The summed E-state index contributed by atoms with van der Waals surface area (Å²) in [7, 11) is 0. The van der Waals surface area contributed by atoms with Crippen LogP contribution in [0.5, 0.6) is 0 Å². The van der Waals surface area contributed by atoms with Crippen molar-refractivity contribution in [3.63, 3.8) is 0 Å². The van der Waals surface area contributed by atoms with E-state index in [1.165, 1.54) is 12.1 Å². The number of alkyl halides is 6. The van der Waals surface area contributed by atoms with Gasteiger partial charge in [0.1, 0.15) is 5.69 Å². The third-order valence-corrected chi connectivity index (χ3v) is 4.94. The number of carbonyl (C=O) groups is 1. The van der Waals surface area contributed by atoms with Crippen LogP contribution < -0.4 is 5.56 Å². The maximum absolute atomic E-state index is 13.2. The number of amides is 1. The number of rotatable bonds is 3. The van der Waals surface area contributed by atoms with E-state index in [9.17, 15) is 41.0 Å². The van der Waals surface area contributed by atoms with Crippen LogP contribution in [0.1, 0.15) is 46.1 Å². The Bertz CT molecular complexity index is 966. The smallest absolute Gasteiger partial charge is 0.394 e. The van der Waals surface area contributed by atoms with Crippen LogP contribution in [0.15, 0.2) is 41.2 Å². The molecular formula is C19H16F6N2O3. The second-order valence-electron chi connectivity index (χ2n) is 6.91. The Hall–Kier alpha value is -2.82. The molecule has 1 aromatic heterocycles. The van der Waals surface area contributed by atoms with E-state index in [1.54, 1.807) is 0 Å². The minimum absolute atomic E-state index is 0.0167.